The lowest BCUT2D eigenvalue weighted by molar-refractivity contribution is 0.610. The first-order valence-corrected chi connectivity index (χ1v) is 7.54. The van der Waals surface area contributed by atoms with E-state index >= 15 is 0 Å². The number of benzene rings is 1. The van der Waals surface area contributed by atoms with Gasteiger partial charge in [0.05, 0.1) is 4.90 Å². The maximum Gasteiger partial charge on any atom is 0.192 e. The summed E-state index contributed by atoms with van der Waals surface area (Å²) in [6.45, 7) is 3.82. The van der Waals surface area contributed by atoms with E-state index in [4.69, 9.17) is 0 Å². The van der Waals surface area contributed by atoms with E-state index in [0.717, 1.165) is 5.56 Å². The number of hydrogen-bond donors (Lipinski definition) is 0. The molecule has 0 aliphatic rings. The van der Waals surface area contributed by atoms with Crippen LogP contribution in [0.1, 0.15) is 12.5 Å². The molecular formula is C9H13O2PS. The fourth-order valence-corrected chi connectivity index (χ4v) is 4.08. The van der Waals surface area contributed by atoms with Gasteiger partial charge in [0, 0.05) is 7.78 Å². The van der Waals surface area contributed by atoms with E-state index < -0.39 is 9.46 Å². The van der Waals surface area contributed by atoms with Gasteiger partial charge in [-0.05, 0) is 25.2 Å². The molecule has 1 aromatic rings. The van der Waals surface area contributed by atoms with Crippen LogP contribution < -0.4 is 0 Å². The van der Waals surface area contributed by atoms with Crippen LogP contribution in [0.25, 0.3) is 0 Å². The van der Waals surface area contributed by atoms with E-state index in [2.05, 4.69) is 0 Å². The molecule has 0 fully saturated rings. The topological polar surface area (TPSA) is 34.1 Å². The highest BCUT2D eigenvalue weighted by molar-refractivity contribution is 8.43. The molecule has 72 valence electrons. The van der Waals surface area contributed by atoms with Gasteiger partial charge in [0.2, 0.25) is 0 Å². The monoisotopic (exact) mass is 216 g/mol. The molecule has 0 aliphatic carbocycles. The van der Waals surface area contributed by atoms with Crippen LogP contribution in [-0.4, -0.2) is 14.6 Å². The molecule has 0 saturated carbocycles. The quantitative estimate of drug-likeness (QED) is 0.727. The van der Waals surface area contributed by atoms with Gasteiger partial charge in [-0.15, -0.1) is 0 Å². The molecule has 1 unspecified atom stereocenters. The van der Waals surface area contributed by atoms with Crippen molar-refractivity contribution in [1.29, 1.82) is 0 Å². The van der Waals surface area contributed by atoms with E-state index in [9.17, 15) is 8.42 Å². The van der Waals surface area contributed by atoms with Crippen LogP contribution in [0.15, 0.2) is 29.2 Å². The van der Waals surface area contributed by atoms with E-state index in [-0.39, 0.29) is 7.78 Å². The summed E-state index contributed by atoms with van der Waals surface area (Å²) < 4.78 is 23.1. The predicted octanol–water partition coefficient (Wildman–Crippen LogP) is 2.38. The normalized spacial score (nSPS) is 12.5. The van der Waals surface area contributed by atoms with Crippen molar-refractivity contribution < 1.29 is 8.42 Å². The van der Waals surface area contributed by atoms with Crippen LogP contribution in [0.5, 0.6) is 0 Å². The van der Waals surface area contributed by atoms with Crippen molar-refractivity contribution in [3.63, 3.8) is 0 Å². The third kappa shape index (κ3) is 2.78. The van der Waals surface area contributed by atoms with Crippen LogP contribution in [-0.2, 0) is 9.46 Å². The molecule has 2 nitrogen and oxygen atoms in total. The molecular weight excluding hydrogens is 203 g/mol. The average Bonchev–Trinajstić information content (AvgIpc) is 2.05. The zero-order valence-electron chi connectivity index (χ0n) is 7.74. The lowest BCUT2D eigenvalue weighted by Gasteiger charge is -2.02. The third-order valence-electron chi connectivity index (χ3n) is 1.67. The molecule has 13 heavy (non-hydrogen) atoms. The second-order valence-electron chi connectivity index (χ2n) is 2.81. The van der Waals surface area contributed by atoms with Crippen molar-refractivity contribution >= 4 is 17.2 Å². The van der Waals surface area contributed by atoms with Crippen LogP contribution in [0, 0.1) is 6.92 Å². The summed E-state index contributed by atoms with van der Waals surface area (Å²) >= 11 is 0. The smallest absolute Gasteiger partial charge is 0.192 e. The maximum absolute atomic E-state index is 11.6. The summed E-state index contributed by atoms with van der Waals surface area (Å²) in [6.07, 6.45) is 0.691. The molecule has 0 heterocycles. The fraction of sp³-hybridized carbons (Fsp3) is 0.333. The second-order valence-corrected chi connectivity index (χ2v) is 7.77. The Bertz CT molecular complexity index is 367. The highest BCUT2D eigenvalue weighted by Gasteiger charge is 2.11. The lowest BCUT2D eigenvalue weighted by atomic mass is 10.2. The Morgan fingerprint density at radius 2 is 1.77 bits per heavy atom. The van der Waals surface area contributed by atoms with Crippen LogP contribution >= 0.6 is 7.78 Å². The van der Waals surface area contributed by atoms with Crippen molar-refractivity contribution in [3.05, 3.63) is 29.8 Å². The Kier molecular flexibility index (Phi) is 3.46. The first-order chi connectivity index (χ1) is 6.06. The summed E-state index contributed by atoms with van der Waals surface area (Å²) in [5, 5.41) is 0. The van der Waals surface area contributed by atoms with Gasteiger partial charge in [-0.25, -0.2) is 8.42 Å². The summed E-state index contributed by atoms with van der Waals surface area (Å²) in [5.74, 6) is 0. The molecule has 1 aromatic carbocycles. The zero-order valence-corrected chi connectivity index (χ0v) is 9.56. The average molecular weight is 216 g/mol. The molecule has 0 bridgehead atoms. The van der Waals surface area contributed by atoms with Gasteiger partial charge in [0.15, 0.2) is 9.46 Å². The van der Waals surface area contributed by atoms with E-state index in [1.165, 1.54) is 0 Å². The van der Waals surface area contributed by atoms with Crippen molar-refractivity contribution in [2.75, 3.05) is 6.16 Å². The van der Waals surface area contributed by atoms with Gasteiger partial charge < -0.3 is 0 Å². The maximum atomic E-state index is 11.6. The number of aryl methyl sites for hydroxylation is 1. The molecule has 0 radical (unpaired) electrons. The summed E-state index contributed by atoms with van der Waals surface area (Å²) in [6, 6.07) is 7.00. The second kappa shape index (κ2) is 4.21. The summed E-state index contributed by atoms with van der Waals surface area (Å²) in [4.78, 5) is 0.443. The zero-order chi connectivity index (χ0) is 9.90. The van der Waals surface area contributed by atoms with E-state index in [0.29, 0.717) is 11.1 Å². The Morgan fingerprint density at radius 1 is 1.23 bits per heavy atom. The molecule has 0 N–H and O–H groups in total. The van der Waals surface area contributed by atoms with Crippen molar-refractivity contribution in [2.24, 2.45) is 0 Å². The molecule has 4 heteroatoms. The van der Waals surface area contributed by atoms with Crippen LogP contribution in [0.2, 0.25) is 0 Å². The highest BCUT2D eigenvalue weighted by Crippen LogP contribution is 2.28. The Balaban J connectivity index is 3.02. The van der Waals surface area contributed by atoms with Crippen LogP contribution in [0.3, 0.4) is 0 Å². The molecule has 1 atom stereocenters. The summed E-state index contributed by atoms with van der Waals surface area (Å²) in [7, 11) is -3.01. The van der Waals surface area contributed by atoms with Crippen molar-refractivity contribution in [2.45, 2.75) is 18.7 Å². The van der Waals surface area contributed by atoms with E-state index in [1.807, 2.05) is 26.0 Å². The van der Waals surface area contributed by atoms with Gasteiger partial charge in [0.1, 0.15) is 0 Å². The highest BCUT2D eigenvalue weighted by atomic mass is 32.8. The van der Waals surface area contributed by atoms with Crippen molar-refractivity contribution in [1.82, 2.24) is 0 Å². The largest absolute Gasteiger partial charge is 0.220 e. The van der Waals surface area contributed by atoms with Gasteiger partial charge in [-0.1, -0.05) is 24.6 Å². The predicted molar refractivity (Wildman–Crippen MR) is 57.2 cm³/mol. The summed E-state index contributed by atoms with van der Waals surface area (Å²) in [5.41, 5.74) is 1.08. The Morgan fingerprint density at radius 3 is 2.23 bits per heavy atom. The Labute approximate surface area is 80.8 Å². The first kappa shape index (κ1) is 10.7. The first-order valence-electron chi connectivity index (χ1n) is 4.12. The van der Waals surface area contributed by atoms with Gasteiger partial charge in [-0.2, -0.15) is 0 Å². The van der Waals surface area contributed by atoms with Crippen molar-refractivity contribution in [3.8, 4) is 0 Å². The fourth-order valence-electron chi connectivity index (χ4n) is 0.991. The SMILES string of the molecule is CCPS(=O)(=O)c1ccc(C)cc1. The Hall–Kier alpha value is -0.400. The lowest BCUT2D eigenvalue weighted by Crippen LogP contribution is -1.93. The van der Waals surface area contributed by atoms with E-state index in [1.54, 1.807) is 12.1 Å². The molecule has 0 spiro atoms. The minimum Gasteiger partial charge on any atom is -0.220 e. The van der Waals surface area contributed by atoms with Gasteiger partial charge in [-0.3, -0.25) is 0 Å². The van der Waals surface area contributed by atoms with Gasteiger partial charge >= 0.3 is 0 Å². The molecule has 0 aromatic heterocycles. The van der Waals surface area contributed by atoms with Crippen LogP contribution in [0.4, 0.5) is 0 Å². The molecule has 0 amide bonds. The number of hydrogen-bond acceptors (Lipinski definition) is 2. The minimum atomic E-state index is -3.00. The molecule has 1 rings (SSSR count). The van der Waals surface area contributed by atoms with Gasteiger partial charge in [0.25, 0.3) is 0 Å². The molecule has 0 saturated heterocycles. The third-order valence-corrected chi connectivity index (χ3v) is 5.94. The minimum absolute atomic E-state index is 0.0120. The molecule has 0 aliphatic heterocycles. The standard InChI is InChI=1S/C9H13O2PS/c1-3-12-13(10,11)9-6-4-8(2)5-7-9/h4-7,12H,3H2,1-2H3. The number of rotatable bonds is 3.